The molecule has 0 aliphatic heterocycles. The normalized spacial score (nSPS) is 23.9. The summed E-state index contributed by atoms with van der Waals surface area (Å²) < 4.78 is 0. The van der Waals surface area contributed by atoms with Crippen LogP contribution in [0, 0.1) is 5.92 Å². The topological polar surface area (TPSA) is 34.1 Å². The van der Waals surface area contributed by atoms with Crippen LogP contribution in [-0.4, -0.2) is 11.6 Å². The van der Waals surface area contributed by atoms with Gasteiger partial charge in [0.1, 0.15) is 0 Å². The molecule has 4 aliphatic carbocycles. The van der Waals surface area contributed by atoms with Gasteiger partial charge in [-0.25, -0.2) is 0 Å². The third kappa shape index (κ3) is 1.34. The molecule has 1 atom stereocenters. The summed E-state index contributed by atoms with van der Waals surface area (Å²) in [6, 6.07) is 6.08. The number of carbonyl (C=O) groups excluding carboxylic acids is 2. The first-order chi connectivity index (χ1) is 10.7. The van der Waals surface area contributed by atoms with E-state index < -0.39 is 0 Å². The minimum Gasteiger partial charge on any atom is -0.294 e. The van der Waals surface area contributed by atoms with E-state index in [0.717, 1.165) is 33.1 Å². The maximum Gasteiger partial charge on any atom is 0.186 e. The van der Waals surface area contributed by atoms with Gasteiger partial charge in [-0.05, 0) is 44.9 Å². The highest BCUT2D eigenvalue weighted by Gasteiger charge is 2.35. The Morgan fingerprint density at radius 2 is 2.00 bits per heavy atom. The van der Waals surface area contributed by atoms with E-state index in [0.29, 0.717) is 6.42 Å². The van der Waals surface area contributed by atoms with E-state index in [1.165, 1.54) is 5.22 Å². The third-order valence-corrected chi connectivity index (χ3v) is 4.89. The standard InChI is InChI=1S/C20H12O2/c21-12-9-11-3-1-4-13-15-7-8-18(22)16-6-2-5-14(20(15)16)17(10-12)19(11)13/h1-9,14H,10H2. The fourth-order valence-electron chi connectivity index (χ4n) is 4.05. The SMILES string of the molecule is O=C1C=c2cccc3c2=C(C1)C1C=CC=C2C(=O)C=CC3=C21. The van der Waals surface area contributed by atoms with Gasteiger partial charge in [-0.15, -0.1) is 0 Å². The quantitative estimate of drug-likeness (QED) is 0.725. The molecule has 1 aromatic rings. The molecule has 0 saturated heterocycles. The van der Waals surface area contributed by atoms with Crippen molar-refractivity contribution in [3.63, 3.8) is 0 Å². The minimum absolute atomic E-state index is 0.0511. The Labute approximate surface area is 127 Å². The second kappa shape index (κ2) is 3.92. The molecule has 4 aliphatic rings. The summed E-state index contributed by atoms with van der Waals surface area (Å²) in [6.07, 6.45) is 11.7. The van der Waals surface area contributed by atoms with E-state index in [2.05, 4.69) is 12.1 Å². The average molecular weight is 284 g/mol. The number of Topliss-reactive ketones (excluding diaryl/α,β-unsaturated/α-hetero) is 1. The fraction of sp³-hybridized carbons (Fsp3) is 0.100. The predicted octanol–water partition coefficient (Wildman–Crippen LogP) is 1.61. The molecular formula is C20H12O2. The summed E-state index contributed by atoms with van der Waals surface area (Å²) in [6.45, 7) is 0. The monoisotopic (exact) mass is 284 g/mol. The van der Waals surface area contributed by atoms with Gasteiger partial charge < -0.3 is 0 Å². The smallest absolute Gasteiger partial charge is 0.186 e. The van der Waals surface area contributed by atoms with E-state index in [-0.39, 0.29) is 17.5 Å². The lowest BCUT2D eigenvalue weighted by Gasteiger charge is -2.33. The fourth-order valence-corrected chi connectivity index (χ4v) is 4.05. The Kier molecular flexibility index (Phi) is 2.11. The minimum atomic E-state index is 0.0511. The highest BCUT2D eigenvalue weighted by Crippen LogP contribution is 2.43. The van der Waals surface area contributed by atoms with Gasteiger partial charge in [0.25, 0.3) is 0 Å². The van der Waals surface area contributed by atoms with Gasteiger partial charge in [-0.1, -0.05) is 42.5 Å². The molecule has 1 unspecified atom stereocenters. The molecule has 0 spiro atoms. The third-order valence-electron chi connectivity index (χ3n) is 4.89. The lowest BCUT2D eigenvalue weighted by atomic mass is 9.69. The Morgan fingerprint density at radius 1 is 1.09 bits per heavy atom. The van der Waals surface area contributed by atoms with Crippen molar-refractivity contribution >= 4 is 28.8 Å². The first-order valence-electron chi connectivity index (χ1n) is 7.46. The largest absolute Gasteiger partial charge is 0.294 e. The van der Waals surface area contributed by atoms with Crippen LogP contribution in [0.3, 0.4) is 0 Å². The van der Waals surface area contributed by atoms with E-state index in [9.17, 15) is 9.59 Å². The van der Waals surface area contributed by atoms with Crippen molar-refractivity contribution in [1.29, 1.82) is 0 Å². The molecule has 0 fully saturated rings. The Morgan fingerprint density at radius 3 is 2.91 bits per heavy atom. The van der Waals surface area contributed by atoms with E-state index >= 15 is 0 Å². The van der Waals surface area contributed by atoms with Crippen molar-refractivity contribution in [2.45, 2.75) is 6.42 Å². The van der Waals surface area contributed by atoms with Crippen LogP contribution in [0.4, 0.5) is 0 Å². The van der Waals surface area contributed by atoms with Crippen LogP contribution in [0.1, 0.15) is 12.0 Å². The number of allylic oxidation sites excluding steroid dienone is 8. The van der Waals surface area contributed by atoms with Gasteiger partial charge in [0.05, 0.1) is 0 Å². The number of fused-ring (bicyclic) bond motifs is 2. The van der Waals surface area contributed by atoms with Crippen molar-refractivity contribution in [2.75, 3.05) is 0 Å². The van der Waals surface area contributed by atoms with Crippen LogP contribution in [0.2, 0.25) is 0 Å². The number of ketones is 2. The van der Waals surface area contributed by atoms with Gasteiger partial charge in [-0.3, -0.25) is 9.59 Å². The molecule has 0 bridgehead atoms. The van der Waals surface area contributed by atoms with Crippen molar-refractivity contribution in [1.82, 2.24) is 0 Å². The van der Waals surface area contributed by atoms with Gasteiger partial charge >= 0.3 is 0 Å². The van der Waals surface area contributed by atoms with Crippen LogP contribution in [0.15, 0.2) is 59.7 Å². The molecule has 2 nitrogen and oxygen atoms in total. The lowest BCUT2D eigenvalue weighted by Crippen LogP contribution is -2.40. The number of hydrogen-bond acceptors (Lipinski definition) is 2. The zero-order chi connectivity index (χ0) is 14.8. The highest BCUT2D eigenvalue weighted by molar-refractivity contribution is 6.17. The Bertz CT molecular complexity index is 1030. The van der Waals surface area contributed by atoms with Crippen molar-refractivity contribution in [3.05, 3.63) is 75.7 Å². The first-order valence-corrected chi connectivity index (χ1v) is 7.46. The molecule has 0 aromatic heterocycles. The zero-order valence-corrected chi connectivity index (χ0v) is 11.8. The van der Waals surface area contributed by atoms with E-state index in [1.807, 2.05) is 30.4 Å². The molecule has 22 heavy (non-hydrogen) atoms. The molecule has 0 amide bonds. The summed E-state index contributed by atoms with van der Waals surface area (Å²) in [7, 11) is 0. The summed E-state index contributed by atoms with van der Waals surface area (Å²) in [5.41, 5.74) is 5.26. The van der Waals surface area contributed by atoms with E-state index in [4.69, 9.17) is 0 Å². The molecule has 0 N–H and O–H groups in total. The molecule has 0 radical (unpaired) electrons. The van der Waals surface area contributed by atoms with Crippen molar-refractivity contribution < 1.29 is 9.59 Å². The molecule has 2 heteroatoms. The number of hydrogen-bond donors (Lipinski definition) is 0. The van der Waals surface area contributed by atoms with Crippen LogP contribution in [0.5, 0.6) is 0 Å². The summed E-state index contributed by atoms with van der Waals surface area (Å²) in [4.78, 5) is 24.3. The van der Waals surface area contributed by atoms with Crippen LogP contribution in [-0.2, 0) is 9.59 Å². The molecule has 5 rings (SSSR count). The molecule has 0 heterocycles. The molecule has 0 saturated carbocycles. The zero-order valence-electron chi connectivity index (χ0n) is 11.8. The molecule has 1 aromatic carbocycles. The highest BCUT2D eigenvalue weighted by atomic mass is 16.1. The maximum atomic E-state index is 12.2. The molecular weight excluding hydrogens is 272 g/mol. The van der Waals surface area contributed by atoms with Gasteiger partial charge in [0, 0.05) is 17.9 Å². The van der Waals surface area contributed by atoms with Gasteiger partial charge in [0.15, 0.2) is 11.6 Å². The summed E-state index contributed by atoms with van der Waals surface area (Å²) in [5.74, 6) is 0.253. The number of carbonyl (C=O) groups is 2. The van der Waals surface area contributed by atoms with Crippen molar-refractivity contribution in [3.8, 4) is 0 Å². The van der Waals surface area contributed by atoms with Gasteiger partial charge in [0.2, 0.25) is 0 Å². The number of benzene rings is 1. The van der Waals surface area contributed by atoms with Crippen molar-refractivity contribution in [2.24, 2.45) is 5.92 Å². The lowest BCUT2D eigenvalue weighted by molar-refractivity contribution is -0.112. The average Bonchev–Trinajstić information content (AvgIpc) is 2.53. The Hall–Kier alpha value is -2.74. The second-order valence-electron chi connectivity index (χ2n) is 6.05. The van der Waals surface area contributed by atoms with Crippen LogP contribution in [0.25, 0.3) is 17.2 Å². The summed E-state index contributed by atoms with van der Waals surface area (Å²) in [5, 5.41) is 2.20. The summed E-state index contributed by atoms with van der Waals surface area (Å²) >= 11 is 0. The van der Waals surface area contributed by atoms with Gasteiger partial charge in [-0.2, -0.15) is 0 Å². The Balaban J connectivity index is 1.97. The molecule has 104 valence electrons. The van der Waals surface area contributed by atoms with Crippen LogP contribution < -0.4 is 10.4 Å². The van der Waals surface area contributed by atoms with Crippen LogP contribution >= 0.6 is 0 Å². The van der Waals surface area contributed by atoms with E-state index in [1.54, 1.807) is 12.2 Å². The second-order valence-corrected chi connectivity index (χ2v) is 6.05. The maximum absolute atomic E-state index is 12.2. The first kappa shape index (κ1) is 11.9. The predicted molar refractivity (Wildman–Crippen MR) is 85.0 cm³/mol. The number of rotatable bonds is 0.